The average Bonchev–Trinajstić information content (AvgIpc) is 2.83. The van der Waals surface area contributed by atoms with Crippen LogP contribution in [0.15, 0.2) is 42.5 Å². The van der Waals surface area contributed by atoms with Gasteiger partial charge in [-0.2, -0.15) is 0 Å². The van der Waals surface area contributed by atoms with Gasteiger partial charge in [-0.25, -0.2) is 4.39 Å². The third kappa shape index (κ3) is 3.77. The van der Waals surface area contributed by atoms with Crippen molar-refractivity contribution in [1.82, 2.24) is 4.90 Å². The molecule has 32 heavy (non-hydrogen) atoms. The zero-order chi connectivity index (χ0) is 22.2. The number of nitrogens with zero attached hydrogens (tertiary/aromatic N) is 4. The number of nitro benzene ring substituents is 1. The number of piperazine rings is 1. The van der Waals surface area contributed by atoms with Gasteiger partial charge in [0, 0.05) is 56.2 Å². The molecule has 2 saturated heterocycles. The fourth-order valence-electron chi connectivity index (χ4n) is 5.11. The normalized spacial score (nSPS) is 22.8. The number of anilines is 2. The zero-order valence-electron chi connectivity index (χ0n) is 17.7. The lowest BCUT2D eigenvalue weighted by atomic mass is 9.82. The van der Waals surface area contributed by atoms with Crippen LogP contribution in [-0.4, -0.2) is 67.7 Å². The van der Waals surface area contributed by atoms with Crippen LogP contribution in [0.3, 0.4) is 0 Å². The average molecular weight is 440 g/mol. The van der Waals surface area contributed by atoms with Crippen molar-refractivity contribution in [2.24, 2.45) is 5.92 Å². The minimum absolute atomic E-state index is 0.0460. The second-order valence-corrected chi connectivity index (χ2v) is 8.50. The molecule has 3 heterocycles. The van der Waals surface area contributed by atoms with Crippen molar-refractivity contribution in [3.63, 3.8) is 0 Å². The number of morpholine rings is 1. The Morgan fingerprint density at radius 3 is 2.53 bits per heavy atom. The number of nitro groups is 1. The molecule has 2 unspecified atom stereocenters. The van der Waals surface area contributed by atoms with Gasteiger partial charge in [-0.05, 0) is 42.3 Å². The van der Waals surface area contributed by atoms with Crippen molar-refractivity contribution in [2.45, 2.75) is 12.5 Å². The van der Waals surface area contributed by atoms with Crippen LogP contribution in [0, 0.1) is 21.8 Å². The summed E-state index contributed by atoms with van der Waals surface area (Å²) in [7, 11) is 0. The molecule has 0 bridgehead atoms. The maximum Gasteiger partial charge on any atom is 0.269 e. The van der Waals surface area contributed by atoms with Crippen molar-refractivity contribution >= 4 is 23.0 Å². The van der Waals surface area contributed by atoms with Crippen molar-refractivity contribution in [1.29, 1.82) is 0 Å². The van der Waals surface area contributed by atoms with E-state index >= 15 is 0 Å². The number of carbonyl (C=O) groups excluding carboxylic acids is 1. The van der Waals surface area contributed by atoms with E-state index in [0.29, 0.717) is 45.8 Å². The molecule has 5 rings (SSSR count). The maximum atomic E-state index is 13.6. The minimum atomic E-state index is -0.391. The van der Waals surface area contributed by atoms with Crippen LogP contribution in [0.25, 0.3) is 0 Å². The molecule has 0 spiro atoms. The molecule has 3 aliphatic heterocycles. The van der Waals surface area contributed by atoms with Crippen molar-refractivity contribution in [3.8, 4) is 0 Å². The Bertz CT molecular complexity index is 1030. The first-order chi connectivity index (χ1) is 15.5. The second-order valence-electron chi connectivity index (χ2n) is 8.50. The predicted octanol–water partition coefficient (Wildman–Crippen LogP) is 2.46. The number of rotatable bonds is 3. The van der Waals surface area contributed by atoms with Crippen LogP contribution in [-0.2, 0) is 16.0 Å². The predicted molar refractivity (Wildman–Crippen MR) is 117 cm³/mol. The molecule has 1 amide bonds. The first-order valence-corrected chi connectivity index (χ1v) is 10.9. The Labute approximate surface area is 185 Å². The van der Waals surface area contributed by atoms with Crippen LogP contribution in [0.1, 0.15) is 5.56 Å². The van der Waals surface area contributed by atoms with Gasteiger partial charge < -0.3 is 19.4 Å². The summed E-state index contributed by atoms with van der Waals surface area (Å²) in [4.78, 5) is 30.8. The Hall–Kier alpha value is -3.20. The van der Waals surface area contributed by atoms with E-state index in [1.807, 2.05) is 11.0 Å². The molecule has 0 aliphatic carbocycles. The van der Waals surface area contributed by atoms with Gasteiger partial charge in [0.2, 0.25) is 5.91 Å². The van der Waals surface area contributed by atoms with E-state index in [1.165, 1.54) is 18.2 Å². The standard InChI is InChI=1S/C23H25FN4O4/c24-17-1-3-18(4-2-17)26-7-8-27-21-6-5-19(28(30)31)13-16(21)14-20(22(27)15-26)23(29)25-9-11-32-12-10-25/h1-6,13,20,22H,7-12,14-15H2. The SMILES string of the molecule is O=C(C1Cc2cc([N+](=O)[O-])ccc2N2CCN(c3ccc(F)cc3)CC12)N1CCOCC1. The molecular weight excluding hydrogens is 415 g/mol. The van der Waals surface area contributed by atoms with Crippen LogP contribution in [0.2, 0.25) is 0 Å². The molecule has 0 saturated carbocycles. The van der Waals surface area contributed by atoms with E-state index in [-0.39, 0.29) is 29.4 Å². The molecule has 2 aromatic rings. The Morgan fingerprint density at radius 2 is 1.81 bits per heavy atom. The smallest absolute Gasteiger partial charge is 0.269 e. The number of carbonyl (C=O) groups is 1. The molecule has 0 radical (unpaired) electrons. The fraction of sp³-hybridized carbons (Fsp3) is 0.435. The van der Waals surface area contributed by atoms with E-state index in [4.69, 9.17) is 4.74 Å². The number of benzene rings is 2. The number of ether oxygens (including phenoxy) is 1. The number of hydrogen-bond donors (Lipinski definition) is 0. The highest BCUT2D eigenvalue weighted by molar-refractivity contribution is 5.83. The molecule has 9 heteroatoms. The van der Waals surface area contributed by atoms with Crippen molar-refractivity contribution in [2.75, 3.05) is 55.7 Å². The molecule has 8 nitrogen and oxygen atoms in total. The molecule has 2 aromatic carbocycles. The van der Waals surface area contributed by atoms with Crippen molar-refractivity contribution < 1.29 is 18.8 Å². The van der Waals surface area contributed by atoms with Crippen molar-refractivity contribution in [3.05, 3.63) is 64.0 Å². The van der Waals surface area contributed by atoms with Crippen LogP contribution >= 0.6 is 0 Å². The first-order valence-electron chi connectivity index (χ1n) is 10.9. The summed E-state index contributed by atoms with van der Waals surface area (Å²) in [6.45, 7) is 4.20. The number of fused-ring (bicyclic) bond motifs is 3. The molecule has 0 aromatic heterocycles. The lowest BCUT2D eigenvalue weighted by Gasteiger charge is -2.50. The molecular formula is C23H25FN4O4. The van der Waals surface area contributed by atoms with Crippen LogP contribution in [0.4, 0.5) is 21.5 Å². The van der Waals surface area contributed by atoms with Gasteiger partial charge in [-0.15, -0.1) is 0 Å². The Kier molecular flexibility index (Phi) is 5.42. The first kappa shape index (κ1) is 20.7. The highest BCUT2D eigenvalue weighted by Gasteiger charge is 2.43. The van der Waals surface area contributed by atoms with Gasteiger partial charge in [-0.3, -0.25) is 14.9 Å². The monoisotopic (exact) mass is 440 g/mol. The van der Waals surface area contributed by atoms with E-state index in [1.54, 1.807) is 18.2 Å². The van der Waals surface area contributed by atoms with Gasteiger partial charge in [-0.1, -0.05) is 0 Å². The number of amides is 1. The van der Waals surface area contributed by atoms with E-state index in [0.717, 1.165) is 23.5 Å². The quantitative estimate of drug-likeness (QED) is 0.539. The number of halogens is 1. The Balaban J connectivity index is 1.48. The van der Waals surface area contributed by atoms with Crippen LogP contribution < -0.4 is 9.80 Å². The number of hydrogen-bond acceptors (Lipinski definition) is 6. The summed E-state index contributed by atoms with van der Waals surface area (Å²) in [5.41, 5.74) is 2.78. The third-order valence-electron chi connectivity index (χ3n) is 6.74. The summed E-state index contributed by atoms with van der Waals surface area (Å²) < 4.78 is 18.8. The number of non-ortho nitro benzene ring substituents is 1. The molecule has 2 fully saturated rings. The summed E-state index contributed by atoms with van der Waals surface area (Å²) in [5.74, 6) is -0.520. The highest BCUT2D eigenvalue weighted by atomic mass is 19.1. The summed E-state index contributed by atoms with van der Waals surface area (Å²) in [6.07, 6.45) is 0.464. The van der Waals surface area contributed by atoms with Gasteiger partial charge in [0.05, 0.1) is 30.1 Å². The van der Waals surface area contributed by atoms with E-state index < -0.39 is 4.92 Å². The lowest BCUT2D eigenvalue weighted by molar-refractivity contribution is -0.384. The lowest BCUT2D eigenvalue weighted by Crippen LogP contribution is -2.62. The summed E-state index contributed by atoms with van der Waals surface area (Å²) in [6, 6.07) is 11.3. The Morgan fingerprint density at radius 1 is 1.06 bits per heavy atom. The molecule has 2 atom stereocenters. The van der Waals surface area contributed by atoms with Crippen LogP contribution in [0.5, 0.6) is 0 Å². The highest BCUT2D eigenvalue weighted by Crippen LogP contribution is 2.39. The van der Waals surface area contributed by atoms with Gasteiger partial charge in [0.25, 0.3) is 5.69 Å². The fourth-order valence-corrected chi connectivity index (χ4v) is 5.11. The molecule has 168 valence electrons. The largest absolute Gasteiger partial charge is 0.378 e. The van der Waals surface area contributed by atoms with E-state index in [9.17, 15) is 19.3 Å². The summed E-state index contributed by atoms with van der Waals surface area (Å²) >= 11 is 0. The van der Waals surface area contributed by atoms with Gasteiger partial charge >= 0.3 is 0 Å². The second kappa shape index (κ2) is 8.38. The van der Waals surface area contributed by atoms with Gasteiger partial charge in [0.15, 0.2) is 0 Å². The van der Waals surface area contributed by atoms with E-state index in [2.05, 4.69) is 9.80 Å². The zero-order valence-corrected chi connectivity index (χ0v) is 17.7. The minimum Gasteiger partial charge on any atom is -0.378 e. The topological polar surface area (TPSA) is 79.2 Å². The summed E-state index contributed by atoms with van der Waals surface area (Å²) in [5, 5.41) is 11.3. The molecule has 0 N–H and O–H groups in total. The third-order valence-corrected chi connectivity index (χ3v) is 6.74. The van der Waals surface area contributed by atoms with Gasteiger partial charge in [0.1, 0.15) is 5.82 Å². The molecule has 3 aliphatic rings. The maximum absolute atomic E-state index is 13.6.